The minimum atomic E-state index is 0.546. The van der Waals surface area contributed by atoms with Gasteiger partial charge in [-0.15, -0.1) is 0 Å². The number of pyridine rings is 1. The van der Waals surface area contributed by atoms with Crippen LogP contribution in [0.5, 0.6) is 5.75 Å². The molecule has 112 valence electrons. The number of aromatic nitrogens is 1. The van der Waals surface area contributed by atoms with Crippen LogP contribution in [0.25, 0.3) is 10.8 Å². The van der Waals surface area contributed by atoms with Crippen LogP contribution in [-0.4, -0.2) is 38.3 Å². The lowest BCUT2D eigenvalue weighted by Crippen LogP contribution is -2.33. The summed E-state index contributed by atoms with van der Waals surface area (Å²) in [5.74, 6) is 1.96. The van der Waals surface area contributed by atoms with Gasteiger partial charge in [0, 0.05) is 30.1 Å². The summed E-state index contributed by atoms with van der Waals surface area (Å²) in [5.41, 5.74) is 0. The third-order valence-corrected chi connectivity index (χ3v) is 4.39. The topological polar surface area (TPSA) is 37.4 Å². The number of nitrogens with one attached hydrogen (secondary N) is 1. The zero-order valence-corrected chi connectivity index (χ0v) is 12.8. The van der Waals surface area contributed by atoms with E-state index in [1.54, 1.807) is 7.11 Å². The smallest absolute Gasteiger partial charge is 0.136 e. The molecule has 21 heavy (non-hydrogen) atoms. The molecule has 1 aliphatic heterocycles. The van der Waals surface area contributed by atoms with Gasteiger partial charge in [-0.2, -0.15) is 0 Å². The highest BCUT2D eigenvalue weighted by atomic mass is 16.5. The standard InChI is InChI=1S/C17H23N3O/c1-20(13-5-4-10-18-11-8-13)17-15-6-3-7-16(21-2)14(15)9-12-19-17/h3,6-7,9,12-13,18H,4-5,8,10-11H2,1-2H3. The summed E-state index contributed by atoms with van der Waals surface area (Å²) in [6.45, 7) is 2.21. The molecular formula is C17H23N3O. The third kappa shape index (κ3) is 2.81. The summed E-state index contributed by atoms with van der Waals surface area (Å²) in [6.07, 6.45) is 5.48. The molecule has 4 heteroatoms. The van der Waals surface area contributed by atoms with E-state index in [4.69, 9.17) is 4.74 Å². The Morgan fingerprint density at radius 3 is 2.95 bits per heavy atom. The van der Waals surface area contributed by atoms with Crippen LogP contribution < -0.4 is 15.0 Å². The molecule has 1 aromatic carbocycles. The third-order valence-electron chi connectivity index (χ3n) is 4.39. The zero-order valence-electron chi connectivity index (χ0n) is 12.8. The van der Waals surface area contributed by atoms with Crippen molar-refractivity contribution in [1.29, 1.82) is 0 Å². The Morgan fingerprint density at radius 1 is 1.19 bits per heavy atom. The van der Waals surface area contributed by atoms with Crippen LogP contribution in [0.1, 0.15) is 19.3 Å². The quantitative estimate of drug-likeness (QED) is 0.941. The van der Waals surface area contributed by atoms with E-state index < -0.39 is 0 Å². The van der Waals surface area contributed by atoms with Crippen molar-refractivity contribution in [3.05, 3.63) is 30.5 Å². The van der Waals surface area contributed by atoms with Gasteiger partial charge in [0.1, 0.15) is 11.6 Å². The van der Waals surface area contributed by atoms with E-state index in [-0.39, 0.29) is 0 Å². The number of rotatable bonds is 3. The molecule has 1 fully saturated rings. The predicted octanol–water partition coefficient (Wildman–Crippen LogP) is 2.82. The average Bonchev–Trinajstić information content (AvgIpc) is 2.82. The van der Waals surface area contributed by atoms with Crippen molar-refractivity contribution in [3.63, 3.8) is 0 Å². The summed E-state index contributed by atoms with van der Waals surface area (Å²) in [4.78, 5) is 6.98. The van der Waals surface area contributed by atoms with Gasteiger partial charge in [-0.05, 0) is 44.5 Å². The summed E-state index contributed by atoms with van der Waals surface area (Å²) in [5, 5.41) is 5.76. The van der Waals surface area contributed by atoms with Gasteiger partial charge in [-0.1, -0.05) is 12.1 Å². The van der Waals surface area contributed by atoms with Gasteiger partial charge < -0.3 is 15.0 Å². The molecule has 1 unspecified atom stereocenters. The molecule has 0 amide bonds. The van der Waals surface area contributed by atoms with Gasteiger partial charge in [-0.3, -0.25) is 0 Å². The number of fused-ring (bicyclic) bond motifs is 1. The summed E-state index contributed by atoms with van der Waals surface area (Å²) >= 11 is 0. The largest absolute Gasteiger partial charge is 0.496 e. The highest BCUT2D eigenvalue weighted by Gasteiger charge is 2.20. The van der Waals surface area contributed by atoms with Crippen LogP contribution >= 0.6 is 0 Å². The van der Waals surface area contributed by atoms with Crippen molar-refractivity contribution in [2.45, 2.75) is 25.3 Å². The van der Waals surface area contributed by atoms with Crippen LogP contribution in [-0.2, 0) is 0 Å². The van der Waals surface area contributed by atoms with Crippen molar-refractivity contribution < 1.29 is 4.74 Å². The fourth-order valence-corrected chi connectivity index (χ4v) is 3.18. The van der Waals surface area contributed by atoms with E-state index in [0.717, 1.165) is 35.4 Å². The molecule has 3 rings (SSSR count). The Morgan fingerprint density at radius 2 is 2.10 bits per heavy atom. The maximum Gasteiger partial charge on any atom is 0.136 e. The van der Waals surface area contributed by atoms with E-state index in [0.29, 0.717) is 6.04 Å². The second-order valence-corrected chi connectivity index (χ2v) is 5.64. The predicted molar refractivity (Wildman–Crippen MR) is 87.2 cm³/mol. The minimum Gasteiger partial charge on any atom is -0.496 e. The Labute approximate surface area is 126 Å². The molecule has 0 radical (unpaired) electrons. The molecule has 0 saturated carbocycles. The van der Waals surface area contributed by atoms with Crippen molar-refractivity contribution in [1.82, 2.24) is 10.3 Å². The molecule has 0 spiro atoms. The normalized spacial score (nSPS) is 19.2. The molecule has 1 atom stereocenters. The highest BCUT2D eigenvalue weighted by Crippen LogP contribution is 2.32. The monoisotopic (exact) mass is 285 g/mol. The summed E-state index contributed by atoms with van der Waals surface area (Å²) < 4.78 is 5.47. The van der Waals surface area contributed by atoms with Crippen LogP contribution in [0.4, 0.5) is 5.82 Å². The van der Waals surface area contributed by atoms with E-state index >= 15 is 0 Å². The van der Waals surface area contributed by atoms with E-state index in [1.165, 1.54) is 19.3 Å². The molecule has 2 heterocycles. The van der Waals surface area contributed by atoms with Gasteiger partial charge in [0.25, 0.3) is 0 Å². The average molecular weight is 285 g/mol. The van der Waals surface area contributed by atoms with Crippen molar-refractivity contribution >= 4 is 16.6 Å². The summed E-state index contributed by atoms with van der Waals surface area (Å²) in [6, 6.07) is 8.74. The lowest BCUT2D eigenvalue weighted by atomic mass is 10.1. The Kier molecular flexibility index (Phi) is 4.25. The maximum atomic E-state index is 5.47. The molecule has 1 aliphatic rings. The van der Waals surface area contributed by atoms with Gasteiger partial charge in [0.15, 0.2) is 0 Å². The number of benzene rings is 1. The van der Waals surface area contributed by atoms with Gasteiger partial charge in [0.2, 0.25) is 0 Å². The van der Waals surface area contributed by atoms with Crippen LogP contribution in [0.15, 0.2) is 30.5 Å². The van der Waals surface area contributed by atoms with E-state index in [1.807, 2.05) is 24.4 Å². The number of methoxy groups -OCH3 is 1. The number of ether oxygens (including phenoxy) is 1. The first kappa shape index (κ1) is 14.1. The number of hydrogen-bond acceptors (Lipinski definition) is 4. The molecular weight excluding hydrogens is 262 g/mol. The van der Waals surface area contributed by atoms with E-state index in [2.05, 4.69) is 28.3 Å². The SMILES string of the molecule is COc1cccc2c(N(C)C3CCCNCC3)nccc12. The molecule has 2 aromatic rings. The lowest BCUT2D eigenvalue weighted by Gasteiger charge is -2.29. The first-order valence-electron chi connectivity index (χ1n) is 7.66. The zero-order chi connectivity index (χ0) is 14.7. The lowest BCUT2D eigenvalue weighted by molar-refractivity contribution is 0.420. The molecule has 1 saturated heterocycles. The maximum absolute atomic E-state index is 5.47. The molecule has 1 N–H and O–H groups in total. The van der Waals surface area contributed by atoms with Crippen LogP contribution in [0.3, 0.4) is 0 Å². The van der Waals surface area contributed by atoms with E-state index in [9.17, 15) is 0 Å². The van der Waals surface area contributed by atoms with Crippen LogP contribution in [0, 0.1) is 0 Å². The van der Waals surface area contributed by atoms with Gasteiger partial charge in [0.05, 0.1) is 7.11 Å². The van der Waals surface area contributed by atoms with Gasteiger partial charge in [-0.25, -0.2) is 4.98 Å². The Hall–Kier alpha value is -1.81. The van der Waals surface area contributed by atoms with Crippen LogP contribution in [0.2, 0.25) is 0 Å². The van der Waals surface area contributed by atoms with Gasteiger partial charge >= 0.3 is 0 Å². The highest BCUT2D eigenvalue weighted by molar-refractivity contribution is 5.96. The van der Waals surface area contributed by atoms with Crippen molar-refractivity contribution in [2.24, 2.45) is 0 Å². The number of anilines is 1. The van der Waals surface area contributed by atoms with Crippen molar-refractivity contribution in [3.8, 4) is 5.75 Å². The minimum absolute atomic E-state index is 0.546. The molecule has 0 bridgehead atoms. The number of nitrogens with zero attached hydrogens (tertiary/aromatic N) is 2. The Balaban J connectivity index is 1.99. The molecule has 1 aromatic heterocycles. The first-order chi connectivity index (χ1) is 10.3. The second-order valence-electron chi connectivity index (χ2n) is 5.64. The summed E-state index contributed by atoms with van der Waals surface area (Å²) in [7, 11) is 3.88. The molecule has 4 nitrogen and oxygen atoms in total. The fraction of sp³-hybridized carbons (Fsp3) is 0.471. The Bertz CT molecular complexity index is 606. The van der Waals surface area contributed by atoms with Crippen molar-refractivity contribution in [2.75, 3.05) is 32.1 Å². The fourth-order valence-electron chi connectivity index (χ4n) is 3.18. The molecule has 0 aliphatic carbocycles. The first-order valence-corrected chi connectivity index (χ1v) is 7.66. The second kappa shape index (κ2) is 6.31. The number of hydrogen-bond donors (Lipinski definition) is 1.